The molecule has 0 unspecified atom stereocenters. The summed E-state index contributed by atoms with van der Waals surface area (Å²) in [4.78, 5) is 12.2. The maximum atomic E-state index is 12.2. The maximum absolute atomic E-state index is 12.2. The Morgan fingerprint density at radius 1 is 1.00 bits per heavy atom. The average molecular weight is 366 g/mol. The van der Waals surface area contributed by atoms with Gasteiger partial charge in [-0.2, -0.15) is 0 Å². The van der Waals surface area contributed by atoms with Crippen molar-refractivity contribution < 1.29 is 9.53 Å². The molecule has 2 aromatic carbocycles. The van der Waals surface area contributed by atoms with E-state index in [1.807, 2.05) is 51.1 Å². The molecule has 0 atom stereocenters. The number of para-hydroxylation sites is 1. The second kappa shape index (κ2) is 5.74. The Morgan fingerprint density at radius 3 is 2.21 bits per heavy atom. The molecule has 0 bridgehead atoms. The first kappa shape index (κ1) is 14.1. The van der Waals surface area contributed by atoms with Crippen LogP contribution in [-0.2, 0) is 0 Å². The van der Waals surface area contributed by atoms with E-state index < -0.39 is 0 Å². The molecule has 0 aromatic heterocycles. The van der Waals surface area contributed by atoms with Crippen LogP contribution < -0.4 is 4.74 Å². The summed E-state index contributed by atoms with van der Waals surface area (Å²) >= 11 is 2.22. The summed E-state index contributed by atoms with van der Waals surface area (Å²) < 4.78 is 6.58. The Hall–Kier alpha value is -1.36. The Morgan fingerprint density at radius 2 is 1.63 bits per heavy atom. The minimum Gasteiger partial charge on any atom is -0.422 e. The molecule has 98 valence electrons. The van der Waals surface area contributed by atoms with Crippen LogP contribution in [0.4, 0.5) is 0 Å². The number of aryl methyl sites for hydroxylation is 3. The number of benzene rings is 2. The van der Waals surface area contributed by atoms with Gasteiger partial charge in [-0.25, -0.2) is 4.79 Å². The Labute approximate surface area is 126 Å². The van der Waals surface area contributed by atoms with Crippen molar-refractivity contribution in [2.45, 2.75) is 20.8 Å². The van der Waals surface area contributed by atoms with Crippen LogP contribution in [0.2, 0.25) is 0 Å². The molecule has 19 heavy (non-hydrogen) atoms. The monoisotopic (exact) mass is 366 g/mol. The van der Waals surface area contributed by atoms with E-state index in [-0.39, 0.29) is 5.97 Å². The lowest BCUT2D eigenvalue weighted by Crippen LogP contribution is -2.10. The van der Waals surface area contributed by atoms with Crippen LogP contribution in [0.1, 0.15) is 27.0 Å². The molecule has 0 heterocycles. The molecule has 0 aliphatic rings. The fourth-order valence-electron chi connectivity index (χ4n) is 1.83. The van der Waals surface area contributed by atoms with Crippen LogP contribution in [0, 0.1) is 24.3 Å². The number of rotatable bonds is 2. The van der Waals surface area contributed by atoms with E-state index in [4.69, 9.17) is 4.74 Å². The highest BCUT2D eigenvalue weighted by Crippen LogP contribution is 2.24. The molecule has 0 N–H and O–H groups in total. The second-order valence-electron chi connectivity index (χ2n) is 4.57. The standard InChI is InChI=1S/C16H15IO2/c1-10-7-8-13(9-14(10)17)16(18)19-15-11(2)5-4-6-12(15)3/h4-9H,1-3H3. The van der Waals surface area contributed by atoms with Crippen molar-refractivity contribution in [1.29, 1.82) is 0 Å². The van der Waals surface area contributed by atoms with Gasteiger partial charge in [-0.3, -0.25) is 0 Å². The van der Waals surface area contributed by atoms with E-state index in [9.17, 15) is 4.79 Å². The number of hydrogen-bond donors (Lipinski definition) is 0. The van der Waals surface area contributed by atoms with Gasteiger partial charge in [0.2, 0.25) is 0 Å². The molecule has 3 heteroatoms. The molecule has 2 aromatic rings. The van der Waals surface area contributed by atoms with Gasteiger partial charge in [0.25, 0.3) is 0 Å². The predicted molar refractivity (Wildman–Crippen MR) is 84.8 cm³/mol. The van der Waals surface area contributed by atoms with E-state index >= 15 is 0 Å². The van der Waals surface area contributed by atoms with E-state index in [0.717, 1.165) is 20.3 Å². The summed E-state index contributed by atoms with van der Waals surface area (Å²) in [5, 5.41) is 0. The minimum atomic E-state index is -0.310. The largest absolute Gasteiger partial charge is 0.422 e. The Kier molecular flexibility index (Phi) is 4.24. The number of carbonyl (C=O) groups excluding carboxylic acids is 1. The van der Waals surface area contributed by atoms with Gasteiger partial charge in [0.1, 0.15) is 5.75 Å². The third-order valence-electron chi connectivity index (χ3n) is 3.01. The van der Waals surface area contributed by atoms with E-state index in [1.54, 1.807) is 6.07 Å². The number of hydrogen-bond acceptors (Lipinski definition) is 2. The number of halogens is 1. The SMILES string of the molecule is Cc1ccc(C(=O)Oc2c(C)cccc2C)cc1I. The van der Waals surface area contributed by atoms with Gasteiger partial charge < -0.3 is 4.74 Å². The molecule has 0 saturated heterocycles. The molecule has 2 nitrogen and oxygen atoms in total. The van der Waals surface area contributed by atoms with Gasteiger partial charge in [0.15, 0.2) is 0 Å². The summed E-state index contributed by atoms with van der Waals surface area (Å²) in [5.41, 5.74) is 3.67. The van der Waals surface area contributed by atoms with Crippen LogP contribution in [0.5, 0.6) is 5.75 Å². The van der Waals surface area contributed by atoms with E-state index in [2.05, 4.69) is 22.6 Å². The smallest absolute Gasteiger partial charge is 0.343 e. The van der Waals surface area contributed by atoms with Gasteiger partial charge in [-0.1, -0.05) is 24.3 Å². The fraction of sp³-hybridized carbons (Fsp3) is 0.188. The predicted octanol–water partition coefficient (Wildman–Crippen LogP) is 4.44. The highest BCUT2D eigenvalue weighted by Gasteiger charge is 2.12. The van der Waals surface area contributed by atoms with E-state index in [0.29, 0.717) is 11.3 Å². The zero-order chi connectivity index (χ0) is 14.0. The van der Waals surface area contributed by atoms with Crippen molar-refractivity contribution in [2.75, 3.05) is 0 Å². The molecule has 0 amide bonds. The minimum absolute atomic E-state index is 0.310. The molecule has 0 fully saturated rings. The van der Waals surface area contributed by atoms with E-state index in [1.165, 1.54) is 0 Å². The first-order valence-corrected chi connectivity index (χ1v) is 7.11. The summed E-state index contributed by atoms with van der Waals surface area (Å²) in [6, 6.07) is 11.4. The number of esters is 1. The summed E-state index contributed by atoms with van der Waals surface area (Å²) in [6.07, 6.45) is 0. The molecule has 0 radical (unpaired) electrons. The topological polar surface area (TPSA) is 26.3 Å². The van der Waals surface area contributed by atoms with Crippen molar-refractivity contribution >= 4 is 28.6 Å². The van der Waals surface area contributed by atoms with Crippen LogP contribution in [0.25, 0.3) is 0 Å². The fourth-order valence-corrected chi connectivity index (χ4v) is 2.35. The van der Waals surface area contributed by atoms with Crippen molar-refractivity contribution in [1.82, 2.24) is 0 Å². The number of ether oxygens (including phenoxy) is 1. The molecule has 2 rings (SSSR count). The van der Waals surface area contributed by atoms with Crippen LogP contribution in [0.3, 0.4) is 0 Å². The van der Waals surface area contributed by atoms with Crippen LogP contribution in [0.15, 0.2) is 36.4 Å². The Balaban J connectivity index is 2.28. The normalized spacial score (nSPS) is 10.3. The van der Waals surface area contributed by atoms with Gasteiger partial charge in [-0.05, 0) is 72.2 Å². The van der Waals surface area contributed by atoms with Crippen molar-refractivity contribution in [3.8, 4) is 5.75 Å². The summed E-state index contributed by atoms with van der Waals surface area (Å²) in [5.74, 6) is 0.346. The average Bonchev–Trinajstić information content (AvgIpc) is 2.37. The lowest BCUT2D eigenvalue weighted by molar-refractivity contribution is 0.0732. The molecule has 0 saturated carbocycles. The summed E-state index contributed by atoms with van der Waals surface area (Å²) in [6.45, 7) is 5.89. The maximum Gasteiger partial charge on any atom is 0.343 e. The lowest BCUT2D eigenvalue weighted by atomic mass is 10.1. The van der Waals surface area contributed by atoms with Crippen LogP contribution >= 0.6 is 22.6 Å². The third kappa shape index (κ3) is 3.15. The van der Waals surface area contributed by atoms with Gasteiger partial charge in [0, 0.05) is 3.57 Å². The quantitative estimate of drug-likeness (QED) is 0.446. The van der Waals surface area contributed by atoms with Gasteiger partial charge in [0.05, 0.1) is 5.56 Å². The van der Waals surface area contributed by atoms with Crippen LogP contribution in [-0.4, -0.2) is 5.97 Å². The van der Waals surface area contributed by atoms with Gasteiger partial charge >= 0.3 is 5.97 Å². The Bertz CT molecular complexity index is 612. The zero-order valence-corrected chi connectivity index (χ0v) is 13.3. The molecular weight excluding hydrogens is 351 g/mol. The molecule has 0 aliphatic carbocycles. The lowest BCUT2D eigenvalue weighted by Gasteiger charge is -2.10. The molecular formula is C16H15IO2. The highest BCUT2D eigenvalue weighted by atomic mass is 127. The first-order valence-electron chi connectivity index (χ1n) is 6.03. The van der Waals surface area contributed by atoms with Crippen molar-refractivity contribution in [3.05, 3.63) is 62.2 Å². The molecule has 0 spiro atoms. The number of carbonyl (C=O) groups is 1. The first-order chi connectivity index (χ1) is 8.99. The second-order valence-corrected chi connectivity index (χ2v) is 5.74. The zero-order valence-electron chi connectivity index (χ0n) is 11.2. The molecule has 0 aliphatic heterocycles. The third-order valence-corrected chi connectivity index (χ3v) is 4.17. The highest BCUT2D eigenvalue weighted by molar-refractivity contribution is 14.1. The summed E-state index contributed by atoms with van der Waals surface area (Å²) in [7, 11) is 0. The van der Waals surface area contributed by atoms with Crippen molar-refractivity contribution in [2.24, 2.45) is 0 Å². The van der Waals surface area contributed by atoms with Gasteiger partial charge in [-0.15, -0.1) is 0 Å². The van der Waals surface area contributed by atoms with Crippen molar-refractivity contribution in [3.63, 3.8) is 0 Å².